The Hall–Kier alpha value is -1.54. The second-order valence-corrected chi connectivity index (χ2v) is 4.72. The van der Waals surface area contributed by atoms with E-state index < -0.39 is 11.9 Å². The van der Waals surface area contributed by atoms with Gasteiger partial charge >= 0.3 is 38.7 Å². The second kappa shape index (κ2) is 11.1. The number of nitrogens with one attached hydrogen (secondary N) is 2. The van der Waals surface area contributed by atoms with Crippen molar-refractivity contribution in [3.63, 3.8) is 0 Å². The number of amides is 1. The smallest absolute Gasteiger partial charge is 0.481 e. The van der Waals surface area contributed by atoms with Gasteiger partial charge in [0.05, 0.1) is 11.5 Å². The Morgan fingerprint density at radius 3 is 2.70 bits per heavy atom. The molecule has 0 aliphatic carbocycles. The van der Waals surface area contributed by atoms with Crippen molar-refractivity contribution in [2.24, 2.45) is 0 Å². The third-order valence-corrected chi connectivity index (χ3v) is 2.75. The molecule has 1 aromatic rings. The maximum atomic E-state index is 12.0. The number of nitrogen functional groups attached to an aromatic ring is 1. The van der Waals surface area contributed by atoms with E-state index in [1.54, 1.807) is 6.92 Å². The van der Waals surface area contributed by atoms with Gasteiger partial charge in [-0.2, -0.15) is 0 Å². The van der Waals surface area contributed by atoms with Crippen LogP contribution in [0.5, 0.6) is 0 Å². The molecular formula is C14H20N5O3Y+2. The first kappa shape index (κ1) is 21.5. The minimum atomic E-state index is -0.793. The number of carboxylic acids is 1. The van der Waals surface area contributed by atoms with Crippen LogP contribution in [-0.2, 0) is 37.5 Å². The van der Waals surface area contributed by atoms with Crippen LogP contribution in [0.2, 0.25) is 0 Å². The van der Waals surface area contributed by atoms with Crippen molar-refractivity contribution in [3.8, 4) is 0 Å². The van der Waals surface area contributed by atoms with Gasteiger partial charge in [-0.25, -0.2) is 0 Å². The van der Waals surface area contributed by atoms with Crippen molar-refractivity contribution >= 4 is 17.7 Å². The Morgan fingerprint density at radius 2 is 2.04 bits per heavy atom. The van der Waals surface area contributed by atoms with Crippen molar-refractivity contribution < 1.29 is 47.4 Å². The number of nitrogens with zero attached hydrogens (tertiary/aromatic N) is 2. The molecule has 0 aliphatic rings. The van der Waals surface area contributed by atoms with E-state index in [1.165, 1.54) is 0 Å². The largest absolute Gasteiger partial charge is 3.00 e. The molecule has 5 N–H and O–H groups in total. The summed E-state index contributed by atoms with van der Waals surface area (Å²) in [5.41, 5.74) is 6.08. The van der Waals surface area contributed by atoms with Crippen LogP contribution in [0.25, 0.3) is 0 Å². The Morgan fingerprint density at radius 1 is 1.35 bits per heavy atom. The number of carboxylic acid groups (broad SMARTS) is 1. The maximum absolute atomic E-state index is 12.0. The van der Waals surface area contributed by atoms with Gasteiger partial charge in [0.1, 0.15) is 0 Å². The molecule has 0 saturated carbocycles. The number of hydrogen-bond acceptors (Lipinski definition) is 6. The Labute approximate surface area is 160 Å². The van der Waals surface area contributed by atoms with Gasteiger partial charge in [-0.15, -0.1) is 6.20 Å². The molecule has 0 spiro atoms. The molecule has 8 nitrogen and oxygen atoms in total. The first-order valence-corrected chi connectivity index (χ1v) is 6.88. The topological polar surface area (TPSA) is 130 Å². The summed E-state index contributed by atoms with van der Waals surface area (Å²) in [6.45, 7) is 5.93. The number of anilines is 1. The van der Waals surface area contributed by atoms with Gasteiger partial charge in [-0.3, -0.25) is 14.6 Å². The molecule has 0 fully saturated rings. The van der Waals surface area contributed by atoms with Crippen LogP contribution in [0.4, 0.5) is 5.82 Å². The molecule has 120 valence electrons. The number of unbranched alkanes of at least 4 members (excludes halogenated alkanes) is 2. The number of carbonyl (C=O) groups excluding carboxylic acids is 1. The molecule has 0 aliphatic heterocycles. The quantitative estimate of drug-likeness (QED) is 0.356. The zero-order valence-corrected chi connectivity index (χ0v) is 15.9. The van der Waals surface area contributed by atoms with Crippen LogP contribution < -0.4 is 16.4 Å². The minimum absolute atomic E-state index is 0. The molecule has 0 radical (unpaired) electrons. The third kappa shape index (κ3) is 8.61. The number of rotatable bonds is 9. The summed E-state index contributed by atoms with van der Waals surface area (Å²) in [5.74, 6) is -0.955. The normalized spacial score (nSPS) is 9.61. The van der Waals surface area contributed by atoms with E-state index in [9.17, 15) is 9.59 Å². The van der Waals surface area contributed by atoms with Crippen molar-refractivity contribution in [1.29, 1.82) is 0 Å². The summed E-state index contributed by atoms with van der Waals surface area (Å²) in [4.78, 5) is 30.0. The van der Waals surface area contributed by atoms with E-state index in [1.807, 2.05) is 0 Å². The Balaban J connectivity index is 0.00000484. The van der Waals surface area contributed by atoms with Crippen LogP contribution >= 0.6 is 0 Å². The zero-order valence-electron chi connectivity index (χ0n) is 13.1. The minimum Gasteiger partial charge on any atom is -0.481 e. The predicted molar refractivity (Wildman–Crippen MR) is 80.7 cm³/mol. The molecular weight excluding hydrogens is 375 g/mol. The van der Waals surface area contributed by atoms with Crippen molar-refractivity contribution in [2.45, 2.75) is 32.6 Å². The molecule has 0 unspecified atom stereocenters. The molecule has 1 rings (SSSR count). The first-order valence-electron chi connectivity index (χ1n) is 6.88. The average molecular weight is 395 g/mol. The molecule has 0 saturated heterocycles. The molecule has 1 heterocycles. The fourth-order valence-corrected chi connectivity index (χ4v) is 1.67. The van der Waals surface area contributed by atoms with Crippen LogP contribution in [0, 0.1) is 13.1 Å². The number of aryl methyl sites for hydroxylation is 1. The number of nitrogens with two attached hydrogens (primary N) is 1. The van der Waals surface area contributed by atoms with Crippen molar-refractivity contribution in [2.75, 3.05) is 12.3 Å². The number of aromatic nitrogens is 2. The van der Waals surface area contributed by atoms with E-state index in [4.69, 9.17) is 10.8 Å². The summed E-state index contributed by atoms with van der Waals surface area (Å²) in [5, 5.41) is 14.0. The van der Waals surface area contributed by atoms with Gasteiger partial charge in [0.15, 0.2) is 0 Å². The number of hydrogen-bond donors (Lipinski definition) is 4. The standard InChI is InChI=1S/C14H20N5O3.Y/c1-9-8-17-13(15)12(18-9)14(22)19-10(2)16-7-5-3-4-6-11(20)21;/h16H,2-7H2,1H3,(H2,15,17)(H,19,22)(H,20,21);/q-1;+3. The van der Waals surface area contributed by atoms with E-state index in [2.05, 4.69) is 33.4 Å². The summed E-state index contributed by atoms with van der Waals surface area (Å²) in [6, 6.07) is 0. The fourth-order valence-electron chi connectivity index (χ4n) is 1.67. The van der Waals surface area contributed by atoms with E-state index in [0.29, 0.717) is 24.5 Å². The van der Waals surface area contributed by atoms with Crippen molar-refractivity contribution in [1.82, 2.24) is 20.6 Å². The van der Waals surface area contributed by atoms with E-state index in [-0.39, 0.29) is 50.6 Å². The summed E-state index contributed by atoms with van der Waals surface area (Å²) in [6.07, 6.45) is 4.92. The van der Waals surface area contributed by atoms with E-state index in [0.717, 1.165) is 12.8 Å². The van der Waals surface area contributed by atoms with Gasteiger partial charge in [0, 0.05) is 13.0 Å². The summed E-state index contributed by atoms with van der Waals surface area (Å²) in [7, 11) is 0. The van der Waals surface area contributed by atoms with Gasteiger partial charge in [-0.05, 0) is 31.3 Å². The molecule has 9 heteroatoms. The second-order valence-electron chi connectivity index (χ2n) is 4.72. The molecule has 0 bridgehead atoms. The summed E-state index contributed by atoms with van der Waals surface area (Å²) < 4.78 is 0. The van der Waals surface area contributed by atoms with Crippen LogP contribution in [0.15, 0.2) is 12.4 Å². The van der Waals surface area contributed by atoms with Gasteiger partial charge in [0.2, 0.25) is 0 Å². The average Bonchev–Trinajstić information content (AvgIpc) is 2.44. The molecule has 23 heavy (non-hydrogen) atoms. The SMILES string of the molecule is C=C(NCCCCCC(=O)O)NC(=O)c1nc(C)[c-]nc1N.[Y+3]. The van der Waals surface area contributed by atoms with Gasteiger partial charge in [-0.1, -0.05) is 13.0 Å². The van der Waals surface area contributed by atoms with Gasteiger partial charge in [0.25, 0.3) is 5.91 Å². The zero-order chi connectivity index (χ0) is 16.5. The van der Waals surface area contributed by atoms with Crippen LogP contribution in [0.1, 0.15) is 41.9 Å². The maximum Gasteiger partial charge on any atom is 3.00 e. The van der Waals surface area contributed by atoms with Crippen LogP contribution in [-0.4, -0.2) is 33.5 Å². The van der Waals surface area contributed by atoms with Crippen molar-refractivity contribution in [3.05, 3.63) is 30.0 Å². The van der Waals surface area contributed by atoms with E-state index >= 15 is 0 Å². The fraction of sp³-hybridized carbons (Fsp3) is 0.429. The Kier molecular flexibility index (Phi) is 10.3. The summed E-state index contributed by atoms with van der Waals surface area (Å²) >= 11 is 0. The van der Waals surface area contributed by atoms with Crippen LogP contribution in [0.3, 0.4) is 0 Å². The third-order valence-electron chi connectivity index (χ3n) is 2.75. The molecule has 0 atom stereocenters. The van der Waals surface area contributed by atoms with Gasteiger partial charge < -0.3 is 26.5 Å². The first-order chi connectivity index (χ1) is 10.4. The Bertz CT molecular complexity index is 565. The molecule has 0 aromatic carbocycles. The molecule has 1 aromatic heterocycles. The molecule has 1 amide bonds. The number of aliphatic carboxylic acids is 1. The monoisotopic (exact) mass is 395 g/mol. The number of carbonyl (C=O) groups is 2. The predicted octanol–water partition coefficient (Wildman–Crippen LogP) is 0.601.